The molecule has 0 radical (unpaired) electrons. The summed E-state index contributed by atoms with van der Waals surface area (Å²) in [6.45, 7) is 0.967. The second-order valence-electron chi connectivity index (χ2n) is 3.35. The number of primary amides is 1. The fraction of sp³-hybridized carbons (Fsp3) is 0.857. The van der Waals surface area contributed by atoms with Gasteiger partial charge in [0.05, 0.1) is 11.5 Å². The van der Waals surface area contributed by atoms with Crippen molar-refractivity contribution in [3.05, 3.63) is 0 Å². The average Bonchev–Trinajstić information content (AvgIpc) is 2.39. The summed E-state index contributed by atoms with van der Waals surface area (Å²) in [7, 11) is -2.82. The molecule has 1 heterocycles. The van der Waals surface area contributed by atoms with Gasteiger partial charge in [-0.1, -0.05) is 0 Å². The molecule has 0 bridgehead atoms. The van der Waals surface area contributed by atoms with Gasteiger partial charge in [0.1, 0.15) is 0 Å². The third kappa shape index (κ3) is 3.93. The molecule has 0 aromatic carbocycles. The summed E-state index contributed by atoms with van der Waals surface area (Å²) >= 11 is 0. The van der Waals surface area contributed by atoms with E-state index in [0.717, 1.165) is 0 Å². The van der Waals surface area contributed by atoms with Gasteiger partial charge >= 0.3 is 6.03 Å². The molecular formula is C7H15N3O3S. The summed E-state index contributed by atoms with van der Waals surface area (Å²) in [6, 6.07) is -0.541. The van der Waals surface area contributed by atoms with Crippen LogP contribution < -0.4 is 16.4 Å². The summed E-state index contributed by atoms with van der Waals surface area (Å²) in [5.41, 5.74) is 4.86. The first-order valence-corrected chi connectivity index (χ1v) is 6.29. The van der Waals surface area contributed by atoms with Gasteiger partial charge in [-0.3, -0.25) is 0 Å². The Hall–Kier alpha value is -0.820. The van der Waals surface area contributed by atoms with E-state index < -0.39 is 15.9 Å². The highest BCUT2D eigenvalue weighted by atomic mass is 32.2. The Morgan fingerprint density at radius 2 is 2.14 bits per heavy atom. The zero-order valence-electron chi connectivity index (χ0n) is 7.82. The monoisotopic (exact) mass is 221 g/mol. The third-order valence-corrected chi connectivity index (χ3v) is 3.86. The number of urea groups is 1. The van der Waals surface area contributed by atoms with Gasteiger partial charge in [-0.05, 0) is 6.42 Å². The van der Waals surface area contributed by atoms with Crippen molar-refractivity contribution < 1.29 is 13.2 Å². The van der Waals surface area contributed by atoms with Gasteiger partial charge in [0.15, 0.2) is 9.84 Å². The summed E-state index contributed by atoms with van der Waals surface area (Å²) in [5, 5.41) is 5.46. The number of rotatable bonds is 4. The van der Waals surface area contributed by atoms with Crippen LogP contribution in [0.15, 0.2) is 0 Å². The molecule has 1 atom stereocenters. The highest BCUT2D eigenvalue weighted by molar-refractivity contribution is 7.91. The van der Waals surface area contributed by atoms with Crippen molar-refractivity contribution in [1.29, 1.82) is 0 Å². The fourth-order valence-electron chi connectivity index (χ4n) is 1.42. The predicted octanol–water partition coefficient (Wildman–Crippen LogP) is -1.57. The van der Waals surface area contributed by atoms with Gasteiger partial charge < -0.3 is 16.4 Å². The van der Waals surface area contributed by atoms with Crippen LogP contribution in [0.3, 0.4) is 0 Å². The summed E-state index contributed by atoms with van der Waals surface area (Å²) in [5.74, 6) is 0.456. The summed E-state index contributed by atoms with van der Waals surface area (Å²) in [6.07, 6.45) is 0.652. The molecule has 2 amide bonds. The Bertz CT molecular complexity index is 301. The molecule has 0 aromatic heterocycles. The first-order valence-electron chi connectivity index (χ1n) is 4.47. The third-order valence-electron chi connectivity index (χ3n) is 2.09. The topological polar surface area (TPSA) is 101 Å². The lowest BCUT2D eigenvalue weighted by molar-refractivity contribution is 0.249. The number of nitrogens with one attached hydrogen (secondary N) is 2. The fourth-order valence-corrected chi connectivity index (χ4v) is 3.13. The lowest BCUT2D eigenvalue weighted by Crippen LogP contribution is -2.39. The molecule has 14 heavy (non-hydrogen) atoms. The van der Waals surface area contributed by atoms with Crippen molar-refractivity contribution in [2.45, 2.75) is 12.5 Å². The number of nitrogens with two attached hydrogens (primary N) is 1. The van der Waals surface area contributed by atoms with Crippen LogP contribution in [0.25, 0.3) is 0 Å². The number of hydrogen-bond acceptors (Lipinski definition) is 4. The van der Waals surface area contributed by atoms with Crippen molar-refractivity contribution in [3.8, 4) is 0 Å². The molecule has 1 rings (SSSR count). The van der Waals surface area contributed by atoms with E-state index >= 15 is 0 Å². The highest BCUT2D eigenvalue weighted by Crippen LogP contribution is 2.10. The molecule has 1 aliphatic rings. The second-order valence-corrected chi connectivity index (χ2v) is 5.57. The van der Waals surface area contributed by atoms with Crippen molar-refractivity contribution in [2.24, 2.45) is 5.73 Å². The zero-order valence-corrected chi connectivity index (χ0v) is 8.64. The van der Waals surface area contributed by atoms with Crippen LogP contribution in [-0.4, -0.2) is 45.1 Å². The molecule has 1 aliphatic heterocycles. The van der Waals surface area contributed by atoms with E-state index in [4.69, 9.17) is 5.73 Å². The van der Waals surface area contributed by atoms with Gasteiger partial charge in [0.25, 0.3) is 0 Å². The van der Waals surface area contributed by atoms with Crippen LogP contribution in [0.2, 0.25) is 0 Å². The van der Waals surface area contributed by atoms with Gasteiger partial charge in [-0.25, -0.2) is 13.2 Å². The number of carbonyl (C=O) groups excluding carboxylic acids is 1. The Morgan fingerprint density at radius 1 is 1.43 bits per heavy atom. The summed E-state index contributed by atoms with van der Waals surface area (Å²) in [4.78, 5) is 10.3. The number of sulfone groups is 1. The van der Waals surface area contributed by atoms with E-state index in [1.54, 1.807) is 0 Å². The van der Waals surface area contributed by atoms with Crippen LogP contribution in [0.5, 0.6) is 0 Å². The molecule has 4 N–H and O–H groups in total. The minimum absolute atomic E-state index is 0.0228. The van der Waals surface area contributed by atoms with Crippen LogP contribution in [0.1, 0.15) is 6.42 Å². The Balaban J connectivity index is 2.12. The maximum absolute atomic E-state index is 11.1. The molecule has 6 nitrogen and oxygen atoms in total. The molecule has 0 aliphatic carbocycles. The maximum atomic E-state index is 11.1. The predicted molar refractivity (Wildman–Crippen MR) is 52.6 cm³/mol. The van der Waals surface area contributed by atoms with E-state index in [2.05, 4.69) is 10.6 Å². The Kier molecular flexibility index (Phi) is 3.70. The second kappa shape index (κ2) is 4.61. The highest BCUT2D eigenvalue weighted by Gasteiger charge is 2.26. The molecule has 1 saturated heterocycles. The van der Waals surface area contributed by atoms with E-state index in [9.17, 15) is 13.2 Å². The van der Waals surface area contributed by atoms with Crippen molar-refractivity contribution in [3.63, 3.8) is 0 Å². The van der Waals surface area contributed by atoms with Crippen LogP contribution in [0.4, 0.5) is 4.79 Å². The van der Waals surface area contributed by atoms with Gasteiger partial charge in [-0.2, -0.15) is 0 Å². The van der Waals surface area contributed by atoms with Gasteiger partial charge in [0, 0.05) is 19.1 Å². The quantitative estimate of drug-likeness (QED) is 0.499. The smallest absolute Gasteiger partial charge is 0.312 e. The molecule has 0 spiro atoms. The normalized spacial score (nSPS) is 24.7. The van der Waals surface area contributed by atoms with Crippen molar-refractivity contribution >= 4 is 15.9 Å². The molecule has 82 valence electrons. The summed E-state index contributed by atoms with van der Waals surface area (Å²) < 4.78 is 22.1. The molecule has 0 saturated carbocycles. The van der Waals surface area contributed by atoms with Gasteiger partial charge in [-0.15, -0.1) is 0 Å². The number of amides is 2. The Morgan fingerprint density at radius 3 is 2.64 bits per heavy atom. The lowest BCUT2D eigenvalue weighted by atomic mass is 10.3. The molecule has 1 unspecified atom stereocenters. The van der Waals surface area contributed by atoms with E-state index in [0.29, 0.717) is 19.5 Å². The van der Waals surface area contributed by atoms with Gasteiger partial charge in [0.2, 0.25) is 0 Å². The first kappa shape index (κ1) is 11.3. The molecular weight excluding hydrogens is 206 g/mol. The average molecular weight is 221 g/mol. The van der Waals surface area contributed by atoms with Crippen LogP contribution in [-0.2, 0) is 9.84 Å². The van der Waals surface area contributed by atoms with Crippen molar-refractivity contribution in [1.82, 2.24) is 10.6 Å². The molecule has 1 fully saturated rings. The standard InChI is InChI=1S/C7H15N3O3S/c8-7(11)10-3-2-9-6-1-4-14(12,13)5-6/h6,9H,1-5H2,(H3,8,10,11). The first-order chi connectivity index (χ1) is 6.49. The van der Waals surface area contributed by atoms with E-state index in [1.165, 1.54) is 0 Å². The Labute approximate surface area is 83.1 Å². The minimum atomic E-state index is -2.82. The zero-order chi connectivity index (χ0) is 10.6. The SMILES string of the molecule is NC(=O)NCCNC1CCS(=O)(=O)C1. The molecule has 7 heteroatoms. The molecule has 0 aromatic rings. The van der Waals surface area contributed by atoms with Crippen molar-refractivity contribution in [2.75, 3.05) is 24.6 Å². The van der Waals surface area contributed by atoms with Crippen LogP contribution >= 0.6 is 0 Å². The number of carbonyl (C=O) groups is 1. The maximum Gasteiger partial charge on any atom is 0.312 e. The largest absolute Gasteiger partial charge is 0.352 e. The van der Waals surface area contributed by atoms with Crippen LogP contribution in [0, 0.1) is 0 Å². The van der Waals surface area contributed by atoms with E-state index in [-0.39, 0.29) is 17.5 Å². The van der Waals surface area contributed by atoms with E-state index in [1.807, 2.05) is 0 Å². The number of hydrogen-bond donors (Lipinski definition) is 3. The minimum Gasteiger partial charge on any atom is -0.352 e. The lowest BCUT2D eigenvalue weighted by Gasteiger charge is -2.09.